The molecule has 0 aliphatic rings. The highest BCUT2D eigenvalue weighted by atomic mass is 19.1. The predicted octanol–water partition coefficient (Wildman–Crippen LogP) is 1.58. The second-order valence-electron chi connectivity index (χ2n) is 3.67. The van der Waals surface area contributed by atoms with Crippen LogP contribution in [0.1, 0.15) is 13.3 Å². The first-order valence-electron chi connectivity index (χ1n) is 5.68. The Morgan fingerprint density at radius 1 is 1.32 bits per heavy atom. The maximum Gasteiger partial charge on any atom is 0.321 e. The third kappa shape index (κ3) is 5.33. The number of rotatable bonds is 5. The average molecular weight is 272 g/mol. The van der Waals surface area contributed by atoms with Gasteiger partial charge in [0.2, 0.25) is 0 Å². The molecule has 0 aliphatic heterocycles. The van der Waals surface area contributed by atoms with E-state index in [9.17, 15) is 18.4 Å². The molecule has 1 aromatic rings. The van der Waals surface area contributed by atoms with E-state index < -0.39 is 30.2 Å². The molecule has 0 aromatic heterocycles. The highest BCUT2D eigenvalue weighted by molar-refractivity contribution is 5.94. The second kappa shape index (κ2) is 7.30. The van der Waals surface area contributed by atoms with E-state index in [0.717, 1.165) is 18.6 Å². The lowest BCUT2D eigenvalue weighted by Crippen LogP contribution is -2.41. The number of carbonyl (C=O) groups is 2. The Hall–Kier alpha value is -2.18. The fraction of sp³-hybridized carbons (Fsp3) is 0.333. The monoisotopic (exact) mass is 272 g/mol. The standard InChI is InChI=1S/C12H14F2N2O3/c1-2-5-15-12(18)16-11(17)7-19-10-4-3-8(13)6-9(10)14/h3-4,6H,2,5,7H2,1H3,(H2,15,16,17,18). The van der Waals surface area contributed by atoms with Crippen LogP contribution >= 0.6 is 0 Å². The summed E-state index contributed by atoms with van der Waals surface area (Å²) < 4.78 is 30.6. The van der Waals surface area contributed by atoms with Crippen LogP contribution < -0.4 is 15.4 Å². The smallest absolute Gasteiger partial charge is 0.321 e. The maximum atomic E-state index is 13.2. The molecular formula is C12H14F2N2O3. The van der Waals surface area contributed by atoms with Crippen LogP contribution in [-0.2, 0) is 4.79 Å². The first-order chi connectivity index (χ1) is 9.02. The van der Waals surface area contributed by atoms with Crippen molar-refractivity contribution in [2.24, 2.45) is 0 Å². The summed E-state index contributed by atoms with van der Waals surface area (Å²) in [6.45, 7) is 1.76. The molecule has 3 amide bonds. The molecule has 0 unspecified atom stereocenters. The normalized spacial score (nSPS) is 9.84. The molecule has 0 radical (unpaired) electrons. The largest absolute Gasteiger partial charge is 0.481 e. The molecule has 0 saturated heterocycles. The molecule has 2 N–H and O–H groups in total. The van der Waals surface area contributed by atoms with Crippen LogP contribution in [0.2, 0.25) is 0 Å². The summed E-state index contributed by atoms with van der Waals surface area (Å²) in [5.74, 6) is -2.64. The van der Waals surface area contributed by atoms with E-state index >= 15 is 0 Å². The van der Waals surface area contributed by atoms with Crippen LogP contribution in [0, 0.1) is 11.6 Å². The summed E-state index contributed by atoms with van der Waals surface area (Å²) in [5, 5.41) is 4.44. The van der Waals surface area contributed by atoms with E-state index in [1.54, 1.807) is 0 Å². The molecule has 1 aromatic carbocycles. The van der Waals surface area contributed by atoms with Gasteiger partial charge in [0, 0.05) is 12.6 Å². The highest BCUT2D eigenvalue weighted by Crippen LogP contribution is 2.17. The molecule has 0 spiro atoms. The molecule has 0 heterocycles. The molecule has 0 saturated carbocycles. The van der Waals surface area contributed by atoms with Crippen LogP contribution in [-0.4, -0.2) is 25.1 Å². The van der Waals surface area contributed by atoms with Crippen LogP contribution in [0.4, 0.5) is 13.6 Å². The summed E-state index contributed by atoms with van der Waals surface area (Å²) in [7, 11) is 0. The Labute approximate surface area is 108 Å². The number of ether oxygens (including phenoxy) is 1. The van der Waals surface area contributed by atoms with Crippen LogP contribution in [0.3, 0.4) is 0 Å². The van der Waals surface area contributed by atoms with E-state index in [0.29, 0.717) is 12.6 Å². The number of halogens is 2. The summed E-state index contributed by atoms with van der Waals surface area (Å²) >= 11 is 0. The van der Waals surface area contributed by atoms with Gasteiger partial charge in [-0.1, -0.05) is 6.92 Å². The van der Waals surface area contributed by atoms with Gasteiger partial charge >= 0.3 is 6.03 Å². The van der Waals surface area contributed by atoms with Gasteiger partial charge in [-0.25, -0.2) is 13.6 Å². The molecule has 7 heteroatoms. The van der Waals surface area contributed by atoms with Gasteiger partial charge < -0.3 is 10.1 Å². The number of imide groups is 1. The minimum Gasteiger partial charge on any atom is -0.481 e. The topological polar surface area (TPSA) is 67.4 Å². The molecule has 1 rings (SSSR count). The molecule has 5 nitrogen and oxygen atoms in total. The van der Waals surface area contributed by atoms with Gasteiger partial charge in [0.25, 0.3) is 5.91 Å². The van der Waals surface area contributed by atoms with Crippen molar-refractivity contribution >= 4 is 11.9 Å². The zero-order valence-corrected chi connectivity index (χ0v) is 10.3. The van der Waals surface area contributed by atoms with Crippen molar-refractivity contribution in [2.75, 3.05) is 13.2 Å². The summed E-state index contributed by atoms with van der Waals surface area (Å²) in [4.78, 5) is 22.4. The fourth-order valence-corrected chi connectivity index (χ4v) is 1.18. The van der Waals surface area contributed by atoms with E-state index in [1.165, 1.54) is 0 Å². The number of carbonyl (C=O) groups excluding carboxylic acids is 2. The van der Waals surface area contributed by atoms with Crippen molar-refractivity contribution in [3.05, 3.63) is 29.8 Å². The number of nitrogens with one attached hydrogen (secondary N) is 2. The van der Waals surface area contributed by atoms with Gasteiger partial charge in [0.05, 0.1) is 0 Å². The quantitative estimate of drug-likeness (QED) is 0.855. The number of amides is 3. The van der Waals surface area contributed by atoms with Gasteiger partial charge in [-0.3, -0.25) is 10.1 Å². The SMILES string of the molecule is CCCNC(=O)NC(=O)COc1ccc(F)cc1F. The summed E-state index contributed by atoms with van der Waals surface area (Å²) in [6.07, 6.45) is 0.735. The summed E-state index contributed by atoms with van der Waals surface area (Å²) in [5.41, 5.74) is 0. The Kier molecular flexibility index (Phi) is 5.72. The molecule has 0 fully saturated rings. The lowest BCUT2D eigenvalue weighted by molar-refractivity contribution is -0.122. The van der Waals surface area contributed by atoms with E-state index in [2.05, 4.69) is 5.32 Å². The number of benzene rings is 1. The van der Waals surface area contributed by atoms with Crippen LogP contribution in [0.5, 0.6) is 5.75 Å². The number of urea groups is 1. The van der Waals surface area contributed by atoms with E-state index in [1.807, 2.05) is 12.2 Å². The zero-order valence-electron chi connectivity index (χ0n) is 10.3. The third-order valence-corrected chi connectivity index (χ3v) is 2.04. The van der Waals surface area contributed by atoms with E-state index in [-0.39, 0.29) is 5.75 Å². The van der Waals surface area contributed by atoms with Crippen molar-refractivity contribution < 1.29 is 23.1 Å². The number of hydrogen-bond acceptors (Lipinski definition) is 3. The van der Waals surface area contributed by atoms with Crippen LogP contribution in [0.15, 0.2) is 18.2 Å². The van der Waals surface area contributed by atoms with Crippen molar-refractivity contribution in [2.45, 2.75) is 13.3 Å². The first-order valence-corrected chi connectivity index (χ1v) is 5.68. The molecule has 104 valence electrons. The molecular weight excluding hydrogens is 258 g/mol. The van der Waals surface area contributed by atoms with Crippen molar-refractivity contribution in [3.63, 3.8) is 0 Å². The lowest BCUT2D eigenvalue weighted by Gasteiger charge is -2.08. The van der Waals surface area contributed by atoms with Gasteiger partial charge in [-0.05, 0) is 18.6 Å². The summed E-state index contributed by atoms with van der Waals surface area (Å²) in [6, 6.07) is 2.07. The minimum atomic E-state index is -0.914. The highest BCUT2D eigenvalue weighted by Gasteiger charge is 2.10. The average Bonchev–Trinajstić information content (AvgIpc) is 2.35. The van der Waals surface area contributed by atoms with Gasteiger partial charge in [-0.15, -0.1) is 0 Å². The number of hydrogen-bond donors (Lipinski definition) is 2. The maximum absolute atomic E-state index is 13.2. The first kappa shape index (κ1) is 14.9. The van der Waals surface area contributed by atoms with Gasteiger partial charge in [0.15, 0.2) is 18.2 Å². The third-order valence-electron chi connectivity index (χ3n) is 2.04. The van der Waals surface area contributed by atoms with Crippen LogP contribution in [0.25, 0.3) is 0 Å². The predicted molar refractivity (Wildman–Crippen MR) is 63.7 cm³/mol. The zero-order chi connectivity index (χ0) is 14.3. The second-order valence-corrected chi connectivity index (χ2v) is 3.67. The fourth-order valence-electron chi connectivity index (χ4n) is 1.18. The molecule has 0 aliphatic carbocycles. The Morgan fingerprint density at radius 3 is 2.68 bits per heavy atom. The van der Waals surface area contributed by atoms with E-state index in [4.69, 9.17) is 4.74 Å². The Morgan fingerprint density at radius 2 is 2.05 bits per heavy atom. The lowest BCUT2D eigenvalue weighted by atomic mass is 10.3. The van der Waals surface area contributed by atoms with Gasteiger partial charge in [-0.2, -0.15) is 0 Å². The Balaban J connectivity index is 2.39. The Bertz CT molecular complexity index is 466. The molecule has 0 atom stereocenters. The minimum absolute atomic E-state index is 0.259. The molecule has 19 heavy (non-hydrogen) atoms. The molecule has 0 bridgehead atoms. The van der Waals surface area contributed by atoms with Gasteiger partial charge in [0.1, 0.15) is 5.82 Å². The van der Waals surface area contributed by atoms with Crippen molar-refractivity contribution in [3.8, 4) is 5.75 Å². The van der Waals surface area contributed by atoms with Crippen molar-refractivity contribution in [1.82, 2.24) is 10.6 Å². The van der Waals surface area contributed by atoms with Crippen molar-refractivity contribution in [1.29, 1.82) is 0 Å².